The lowest BCUT2D eigenvalue weighted by Crippen LogP contribution is -2.56. The molecule has 0 aliphatic carbocycles. The maximum Gasteiger partial charge on any atom is 0.416 e. The minimum absolute atomic E-state index is 0.0457. The van der Waals surface area contributed by atoms with Crippen molar-refractivity contribution < 1.29 is 22.8 Å². The third-order valence-electron chi connectivity index (χ3n) is 4.35. The lowest BCUT2D eigenvalue weighted by molar-refractivity contribution is -0.137. The fourth-order valence-electron chi connectivity index (χ4n) is 2.87. The SMILES string of the molecule is O=C1CC(C(=O)NCc2ccc(C(F)(F)F)cc2Cl)NC(c2ccccc2)N1. The van der Waals surface area contributed by atoms with E-state index >= 15 is 0 Å². The highest BCUT2D eigenvalue weighted by Gasteiger charge is 2.32. The van der Waals surface area contributed by atoms with Gasteiger partial charge < -0.3 is 10.6 Å². The van der Waals surface area contributed by atoms with Gasteiger partial charge in [-0.25, -0.2) is 0 Å². The Kier molecular flexibility index (Phi) is 5.90. The first kappa shape index (κ1) is 20.2. The molecule has 28 heavy (non-hydrogen) atoms. The largest absolute Gasteiger partial charge is 0.416 e. The monoisotopic (exact) mass is 411 g/mol. The van der Waals surface area contributed by atoms with Crippen molar-refractivity contribution in [3.05, 3.63) is 70.2 Å². The molecule has 1 fully saturated rings. The maximum absolute atomic E-state index is 12.7. The van der Waals surface area contributed by atoms with Crippen LogP contribution in [-0.4, -0.2) is 17.9 Å². The van der Waals surface area contributed by atoms with Crippen molar-refractivity contribution in [2.75, 3.05) is 0 Å². The first-order valence-corrected chi connectivity index (χ1v) is 8.85. The highest BCUT2D eigenvalue weighted by atomic mass is 35.5. The Morgan fingerprint density at radius 1 is 1.18 bits per heavy atom. The van der Waals surface area contributed by atoms with Crippen LogP contribution in [0, 0.1) is 0 Å². The number of carbonyl (C=O) groups is 2. The number of rotatable bonds is 4. The lowest BCUT2D eigenvalue weighted by Gasteiger charge is -2.31. The summed E-state index contributed by atoms with van der Waals surface area (Å²) in [5, 5.41) is 8.34. The number of alkyl halides is 3. The second kappa shape index (κ2) is 8.20. The van der Waals surface area contributed by atoms with E-state index in [0.717, 1.165) is 17.7 Å². The Balaban J connectivity index is 1.64. The van der Waals surface area contributed by atoms with Crippen molar-refractivity contribution in [3.63, 3.8) is 0 Å². The molecule has 2 amide bonds. The molecular weight excluding hydrogens is 395 g/mol. The number of carbonyl (C=O) groups excluding carboxylic acids is 2. The quantitative estimate of drug-likeness (QED) is 0.724. The molecule has 3 N–H and O–H groups in total. The van der Waals surface area contributed by atoms with Crippen molar-refractivity contribution in [2.24, 2.45) is 0 Å². The Morgan fingerprint density at radius 2 is 1.89 bits per heavy atom. The van der Waals surface area contributed by atoms with Gasteiger partial charge in [0.15, 0.2) is 0 Å². The average Bonchev–Trinajstić information content (AvgIpc) is 2.66. The number of nitrogens with one attached hydrogen (secondary N) is 3. The van der Waals surface area contributed by atoms with Crippen molar-refractivity contribution in [1.29, 1.82) is 0 Å². The lowest BCUT2D eigenvalue weighted by atomic mass is 10.0. The van der Waals surface area contributed by atoms with E-state index < -0.39 is 29.9 Å². The Bertz CT molecular complexity index is 874. The van der Waals surface area contributed by atoms with Gasteiger partial charge in [0.1, 0.15) is 6.17 Å². The molecule has 1 aliphatic rings. The van der Waals surface area contributed by atoms with Crippen LogP contribution in [0.4, 0.5) is 13.2 Å². The normalized spacial score (nSPS) is 19.8. The molecule has 5 nitrogen and oxygen atoms in total. The molecule has 148 valence electrons. The van der Waals surface area contributed by atoms with Crippen molar-refractivity contribution in [1.82, 2.24) is 16.0 Å². The zero-order valence-electron chi connectivity index (χ0n) is 14.5. The van der Waals surface area contributed by atoms with Gasteiger partial charge in [0.2, 0.25) is 11.8 Å². The van der Waals surface area contributed by atoms with Gasteiger partial charge in [0.05, 0.1) is 18.0 Å². The van der Waals surface area contributed by atoms with E-state index in [1.54, 1.807) is 0 Å². The first-order chi connectivity index (χ1) is 13.2. The molecule has 1 saturated heterocycles. The standard InChI is InChI=1S/C19H17ClF3N3O2/c20-14-8-13(19(21,22)23)7-6-12(14)10-24-18(28)15-9-16(27)26-17(25-15)11-4-2-1-3-5-11/h1-8,15,17,25H,9-10H2,(H,24,28)(H,26,27). The van der Waals surface area contributed by atoms with E-state index in [1.807, 2.05) is 30.3 Å². The van der Waals surface area contributed by atoms with E-state index in [4.69, 9.17) is 11.6 Å². The number of halogens is 4. The summed E-state index contributed by atoms with van der Waals surface area (Å²) in [6, 6.07) is 11.3. The van der Waals surface area contributed by atoms with Gasteiger partial charge >= 0.3 is 6.18 Å². The van der Waals surface area contributed by atoms with Crippen LogP contribution in [0.15, 0.2) is 48.5 Å². The minimum Gasteiger partial charge on any atom is -0.351 e. The molecule has 2 aromatic rings. The molecule has 2 atom stereocenters. The van der Waals surface area contributed by atoms with Crippen LogP contribution in [-0.2, 0) is 22.3 Å². The van der Waals surface area contributed by atoms with Crippen molar-refractivity contribution in [3.8, 4) is 0 Å². The Labute approximate surface area is 164 Å². The van der Waals surface area contributed by atoms with Gasteiger partial charge in [-0.3, -0.25) is 14.9 Å². The minimum atomic E-state index is -4.49. The van der Waals surface area contributed by atoms with E-state index in [0.29, 0.717) is 5.56 Å². The summed E-state index contributed by atoms with van der Waals surface area (Å²) in [7, 11) is 0. The van der Waals surface area contributed by atoms with Crippen molar-refractivity contribution in [2.45, 2.75) is 31.3 Å². The Morgan fingerprint density at radius 3 is 2.54 bits per heavy atom. The van der Waals surface area contributed by atoms with Gasteiger partial charge in [-0.1, -0.05) is 48.0 Å². The number of benzene rings is 2. The zero-order valence-corrected chi connectivity index (χ0v) is 15.3. The van der Waals surface area contributed by atoms with Crippen LogP contribution in [0.25, 0.3) is 0 Å². The highest BCUT2D eigenvalue weighted by Crippen LogP contribution is 2.32. The topological polar surface area (TPSA) is 70.2 Å². The third kappa shape index (κ3) is 4.82. The summed E-state index contributed by atoms with van der Waals surface area (Å²) in [6.45, 7) is -0.0500. The van der Waals surface area contributed by atoms with Crippen LogP contribution >= 0.6 is 11.6 Å². The van der Waals surface area contributed by atoms with Gasteiger partial charge in [0, 0.05) is 11.6 Å². The molecule has 1 aliphatic heterocycles. The van der Waals surface area contributed by atoms with Crippen LogP contribution in [0.5, 0.6) is 0 Å². The summed E-state index contributed by atoms with van der Waals surface area (Å²) in [4.78, 5) is 24.4. The van der Waals surface area contributed by atoms with Crippen molar-refractivity contribution >= 4 is 23.4 Å². The fraction of sp³-hybridized carbons (Fsp3) is 0.263. The van der Waals surface area contributed by atoms with Crippen LogP contribution < -0.4 is 16.0 Å². The first-order valence-electron chi connectivity index (χ1n) is 8.48. The second-order valence-corrected chi connectivity index (χ2v) is 6.76. The van der Waals surface area contributed by atoms with Crippen LogP contribution in [0.1, 0.15) is 29.3 Å². The van der Waals surface area contributed by atoms with E-state index in [1.165, 1.54) is 6.07 Å². The molecule has 0 saturated carbocycles. The molecule has 0 radical (unpaired) electrons. The predicted octanol–water partition coefficient (Wildman–Crippen LogP) is 3.15. The molecule has 0 spiro atoms. The average molecular weight is 412 g/mol. The molecule has 1 heterocycles. The third-order valence-corrected chi connectivity index (χ3v) is 4.70. The fourth-order valence-corrected chi connectivity index (χ4v) is 3.12. The molecule has 3 rings (SSSR count). The molecule has 9 heteroatoms. The number of amides is 2. The summed E-state index contributed by atoms with van der Waals surface area (Å²) in [5.74, 6) is -0.716. The molecular formula is C19H17ClF3N3O2. The van der Waals surface area contributed by atoms with E-state index in [-0.39, 0.29) is 23.9 Å². The van der Waals surface area contributed by atoms with Gasteiger partial charge in [-0.2, -0.15) is 13.2 Å². The van der Waals surface area contributed by atoms with Crippen LogP contribution in [0.3, 0.4) is 0 Å². The molecule has 0 aromatic heterocycles. The number of hydrogen-bond acceptors (Lipinski definition) is 3. The smallest absolute Gasteiger partial charge is 0.351 e. The maximum atomic E-state index is 12.7. The Hall–Kier alpha value is -2.58. The van der Waals surface area contributed by atoms with E-state index in [9.17, 15) is 22.8 Å². The molecule has 2 aromatic carbocycles. The number of hydrogen-bond donors (Lipinski definition) is 3. The summed E-state index contributed by atoms with van der Waals surface area (Å²) in [5.41, 5.74) is 0.297. The second-order valence-electron chi connectivity index (χ2n) is 6.36. The van der Waals surface area contributed by atoms with E-state index in [2.05, 4.69) is 16.0 Å². The highest BCUT2D eigenvalue weighted by molar-refractivity contribution is 6.31. The van der Waals surface area contributed by atoms with Gasteiger partial charge in [-0.05, 0) is 23.3 Å². The zero-order chi connectivity index (χ0) is 20.3. The predicted molar refractivity (Wildman–Crippen MR) is 97.2 cm³/mol. The molecule has 0 bridgehead atoms. The summed E-state index contributed by atoms with van der Waals surface area (Å²) >= 11 is 5.90. The van der Waals surface area contributed by atoms with Gasteiger partial charge in [0.25, 0.3) is 0 Å². The summed E-state index contributed by atoms with van der Waals surface area (Å²) < 4.78 is 38.1. The van der Waals surface area contributed by atoms with Crippen LogP contribution in [0.2, 0.25) is 5.02 Å². The molecule has 2 unspecified atom stereocenters. The van der Waals surface area contributed by atoms with Gasteiger partial charge in [-0.15, -0.1) is 0 Å². The summed E-state index contributed by atoms with van der Waals surface area (Å²) in [6.07, 6.45) is -5.04.